The molecule has 0 aliphatic heterocycles. The molecular formula is C26H32. The predicted octanol–water partition coefficient (Wildman–Crippen LogP) is 7.71. The molecule has 0 saturated carbocycles. The molecule has 1 aromatic rings. The summed E-state index contributed by atoms with van der Waals surface area (Å²) in [6, 6.07) is 6.66. The maximum Gasteiger partial charge on any atom is -0.00258 e. The quantitative estimate of drug-likeness (QED) is 0.402. The highest BCUT2D eigenvalue weighted by Crippen LogP contribution is 2.17. The van der Waals surface area contributed by atoms with Crippen molar-refractivity contribution in [2.24, 2.45) is 0 Å². The standard InChI is InChI=1S/C26H32/c1-7-11-21(4)13-10-14-22(5)15-17-24(9-3)19-25-18-16-23(6)26(20-25)12-8-2/h7-13,15-18,20H,1,3,14,19H2,2,4-6H3/b12-8-,13-10-,21-11-,22-15+,24-17+. The Morgan fingerprint density at radius 3 is 2.50 bits per heavy atom. The summed E-state index contributed by atoms with van der Waals surface area (Å²) in [6.45, 7) is 16.1. The topological polar surface area (TPSA) is 0 Å². The van der Waals surface area contributed by atoms with E-state index in [2.05, 4.69) is 95.5 Å². The van der Waals surface area contributed by atoms with Crippen molar-refractivity contribution in [3.05, 3.63) is 113 Å². The normalized spacial score (nSPS) is 13.6. The monoisotopic (exact) mass is 344 g/mol. The van der Waals surface area contributed by atoms with Crippen molar-refractivity contribution >= 4 is 6.08 Å². The van der Waals surface area contributed by atoms with Crippen molar-refractivity contribution in [3.63, 3.8) is 0 Å². The third-order valence-corrected chi connectivity index (χ3v) is 4.14. The lowest BCUT2D eigenvalue weighted by molar-refractivity contribution is 1.17. The van der Waals surface area contributed by atoms with E-state index in [4.69, 9.17) is 0 Å². The average Bonchev–Trinajstić information content (AvgIpc) is 2.61. The van der Waals surface area contributed by atoms with Gasteiger partial charge in [0.15, 0.2) is 0 Å². The van der Waals surface area contributed by atoms with Gasteiger partial charge in [-0.05, 0) is 62.8 Å². The molecule has 0 nitrogen and oxygen atoms in total. The molecule has 0 spiro atoms. The second-order valence-electron chi connectivity index (χ2n) is 6.58. The van der Waals surface area contributed by atoms with E-state index in [0.717, 1.165) is 12.8 Å². The lowest BCUT2D eigenvalue weighted by Gasteiger charge is -2.07. The first-order valence-corrected chi connectivity index (χ1v) is 9.17. The van der Waals surface area contributed by atoms with E-state index >= 15 is 0 Å². The fourth-order valence-electron chi connectivity index (χ4n) is 2.58. The Labute approximate surface area is 160 Å². The molecule has 0 N–H and O–H groups in total. The van der Waals surface area contributed by atoms with E-state index < -0.39 is 0 Å². The summed E-state index contributed by atoms with van der Waals surface area (Å²) >= 11 is 0. The fraction of sp³-hybridized carbons (Fsp3) is 0.231. The highest BCUT2D eigenvalue weighted by atomic mass is 14.0. The molecule has 0 bridgehead atoms. The Hall–Kier alpha value is -2.60. The van der Waals surface area contributed by atoms with Crippen LogP contribution in [0.2, 0.25) is 0 Å². The van der Waals surface area contributed by atoms with E-state index in [0.29, 0.717) is 0 Å². The van der Waals surface area contributed by atoms with Crippen LogP contribution in [0, 0.1) is 6.92 Å². The van der Waals surface area contributed by atoms with Gasteiger partial charge >= 0.3 is 0 Å². The minimum absolute atomic E-state index is 0.898. The van der Waals surface area contributed by atoms with Gasteiger partial charge in [-0.25, -0.2) is 0 Å². The van der Waals surface area contributed by atoms with Crippen molar-refractivity contribution in [2.45, 2.75) is 40.5 Å². The number of aryl methyl sites for hydroxylation is 1. The zero-order valence-corrected chi connectivity index (χ0v) is 16.8. The smallest absolute Gasteiger partial charge is 0.00258 e. The van der Waals surface area contributed by atoms with Crippen LogP contribution in [0.25, 0.3) is 6.08 Å². The number of allylic oxidation sites excluding steroid dienone is 11. The Morgan fingerprint density at radius 1 is 1.08 bits per heavy atom. The molecule has 0 aromatic heterocycles. The van der Waals surface area contributed by atoms with E-state index in [-0.39, 0.29) is 0 Å². The van der Waals surface area contributed by atoms with Crippen molar-refractivity contribution in [2.75, 3.05) is 0 Å². The minimum atomic E-state index is 0.898. The van der Waals surface area contributed by atoms with Crippen LogP contribution >= 0.6 is 0 Å². The Balaban J connectivity index is 2.81. The van der Waals surface area contributed by atoms with Gasteiger partial charge in [-0.1, -0.05) is 97.2 Å². The summed E-state index contributed by atoms with van der Waals surface area (Å²) < 4.78 is 0. The van der Waals surface area contributed by atoms with Crippen LogP contribution in [0.15, 0.2) is 96.7 Å². The number of hydrogen-bond donors (Lipinski definition) is 0. The molecule has 26 heavy (non-hydrogen) atoms. The largest absolute Gasteiger partial charge is 0.0991 e. The average molecular weight is 345 g/mol. The molecule has 136 valence electrons. The van der Waals surface area contributed by atoms with Crippen LogP contribution in [0.4, 0.5) is 0 Å². The predicted molar refractivity (Wildman–Crippen MR) is 119 cm³/mol. The van der Waals surface area contributed by atoms with Gasteiger partial charge in [0, 0.05) is 0 Å². The van der Waals surface area contributed by atoms with Gasteiger partial charge in [0.05, 0.1) is 0 Å². The third-order valence-electron chi connectivity index (χ3n) is 4.14. The zero-order valence-electron chi connectivity index (χ0n) is 16.8. The number of rotatable bonds is 9. The van der Waals surface area contributed by atoms with Gasteiger partial charge in [0.25, 0.3) is 0 Å². The summed E-state index contributed by atoms with van der Waals surface area (Å²) in [5.41, 5.74) is 7.67. The Kier molecular flexibility index (Phi) is 9.79. The summed E-state index contributed by atoms with van der Waals surface area (Å²) in [7, 11) is 0. The highest BCUT2D eigenvalue weighted by Gasteiger charge is 2.00. The SMILES string of the molecule is C=C/C=C(C)\C=C/C/C(C)=C/C=C(\C=C)Cc1ccc(C)c(/C=C\C)c1. The van der Waals surface area contributed by atoms with Gasteiger partial charge in [-0.15, -0.1) is 0 Å². The molecule has 0 radical (unpaired) electrons. The van der Waals surface area contributed by atoms with Crippen LogP contribution in [0.1, 0.15) is 43.9 Å². The molecule has 1 aromatic carbocycles. The summed E-state index contributed by atoms with van der Waals surface area (Å²) in [5.74, 6) is 0. The van der Waals surface area contributed by atoms with Crippen LogP contribution in [-0.2, 0) is 6.42 Å². The first kappa shape index (κ1) is 21.4. The van der Waals surface area contributed by atoms with E-state index in [1.54, 1.807) is 0 Å². The first-order valence-electron chi connectivity index (χ1n) is 9.17. The summed E-state index contributed by atoms with van der Waals surface area (Å²) in [5, 5.41) is 0. The Morgan fingerprint density at radius 2 is 1.85 bits per heavy atom. The lowest BCUT2D eigenvalue weighted by Crippen LogP contribution is -1.91. The van der Waals surface area contributed by atoms with Crippen LogP contribution in [-0.4, -0.2) is 0 Å². The maximum absolute atomic E-state index is 3.97. The van der Waals surface area contributed by atoms with Crippen LogP contribution < -0.4 is 0 Å². The molecule has 0 atom stereocenters. The van der Waals surface area contributed by atoms with Crippen molar-refractivity contribution in [3.8, 4) is 0 Å². The molecule has 0 amide bonds. The van der Waals surface area contributed by atoms with Gasteiger partial charge in [-0.2, -0.15) is 0 Å². The molecule has 0 fully saturated rings. The molecule has 1 rings (SSSR count). The van der Waals surface area contributed by atoms with Gasteiger partial charge in [-0.3, -0.25) is 0 Å². The molecule has 0 aliphatic rings. The minimum Gasteiger partial charge on any atom is -0.0991 e. The zero-order chi connectivity index (χ0) is 19.4. The molecule has 0 heteroatoms. The highest BCUT2D eigenvalue weighted by molar-refractivity contribution is 5.55. The molecule has 0 aliphatic carbocycles. The molecule has 0 heterocycles. The van der Waals surface area contributed by atoms with E-state index in [9.17, 15) is 0 Å². The van der Waals surface area contributed by atoms with Crippen molar-refractivity contribution in [1.29, 1.82) is 0 Å². The second-order valence-corrected chi connectivity index (χ2v) is 6.58. The molecule has 0 unspecified atom stereocenters. The van der Waals surface area contributed by atoms with Gasteiger partial charge in [0.1, 0.15) is 0 Å². The van der Waals surface area contributed by atoms with E-state index in [1.807, 2.05) is 18.2 Å². The van der Waals surface area contributed by atoms with Crippen molar-refractivity contribution in [1.82, 2.24) is 0 Å². The van der Waals surface area contributed by atoms with Crippen LogP contribution in [0.5, 0.6) is 0 Å². The fourth-order valence-corrected chi connectivity index (χ4v) is 2.58. The van der Waals surface area contributed by atoms with Crippen LogP contribution in [0.3, 0.4) is 0 Å². The maximum atomic E-state index is 3.97. The summed E-state index contributed by atoms with van der Waals surface area (Å²) in [6.07, 6.45) is 20.5. The summed E-state index contributed by atoms with van der Waals surface area (Å²) in [4.78, 5) is 0. The lowest BCUT2D eigenvalue weighted by atomic mass is 9.99. The third kappa shape index (κ3) is 7.98. The Bertz CT molecular complexity index is 761. The van der Waals surface area contributed by atoms with Crippen molar-refractivity contribution < 1.29 is 0 Å². The molecular weight excluding hydrogens is 312 g/mol. The first-order chi connectivity index (χ1) is 12.5. The van der Waals surface area contributed by atoms with Gasteiger partial charge < -0.3 is 0 Å². The van der Waals surface area contributed by atoms with E-state index in [1.165, 1.54) is 33.4 Å². The molecule has 0 saturated heterocycles. The number of benzene rings is 1. The van der Waals surface area contributed by atoms with Gasteiger partial charge in [0.2, 0.25) is 0 Å². The second kappa shape index (κ2) is 11.9. The number of hydrogen-bond acceptors (Lipinski definition) is 0.